The zero-order chi connectivity index (χ0) is 14.1. The molecule has 8 heteroatoms. The Labute approximate surface area is 112 Å². The Morgan fingerprint density at radius 2 is 0.778 bits per heavy atom. The molecule has 108 valence electrons. The second kappa shape index (κ2) is 8.94. The van der Waals surface area contributed by atoms with Crippen molar-refractivity contribution in [3.05, 3.63) is 12.2 Å². The molecule has 18 heavy (non-hydrogen) atoms. The quantitative estimate of drug-likeness (QED) is 0.447. The van der Waals surface area contributed by atoms with Gasteiger partial charge in [0.1, 0.15) is 0 Å². The Balaban J connectivity index is 4.40. The third kappa shape index (κ3) is 4.90. The van der Waals surface area contributed by atoms with Crippen LogP contribution in [0.15, 0.2) is 12.2 Å². The fourth-order valence-electron chi connectivity index (χ4n) is 1.46. The Bertz CT molecular complexity index is 200. The van der Waals surface area contributed by atoms with E-state index in [-0.39, 0.29) is 0 Å². The highest BCUT2D eigenvalue weighted by molar-refractivity contribution is 6.61. The molecule has 0 amide bonds. The van der Waals surface area contributed by atoms with Gasteiger partial charge in [0, 0.05) is 54.7 Å². The average molecular weight is 296 g/mol. The summed E-state index contributed by atoms with van der Waals surface area (Å²) in [4.78, 5) is 0. The van der Waals surface area contributed by atoms with Crippen LogP contribution in [-0.4, -0.2) is 60.3 Å². The van der Waals surface area contributed by atoms with E-state index in [4.69, 9.17) is 26.6 Å². The molecule has 0 unspecified atom stereocenters. The maximum atomic E-state index is 5.31. The van der Waals surface area contributed by atoms with Gasteiger partial charge in [-0.25, -0.2) is 0 Å². The first kappa shape index (κ1) is 17.9. The van der Waals surface area contributed by atoms with E-state index >= 15 is 0 Å². The van der Waals surface area contributed by atoms with Gasteiger partial charge < -0.3 is 26.6 Å². The Morgan fingerprint density at radius 1 is 0.556 bits per heavy atom. The SMILES string of the molecule is CO[Si](CC=CC[Si](OC)(OC)OC)(OC)OC. The standard InChI is InChI=1S/C10H24O6Si2/c1-11-17(12-2,13-3)9-7-8-10-18(14-4,15-5)16-6/h7-8H,9-10H2,1-6H3. The largest absolute Gasteiger partial charge is 0.504 e. The van der Waals surface area contributed by atoms with Gasteiger partial charge in [-0.3, -0.25) is 0 Å². The first-order chi connectivity index (χ1) is 8.57. The minimum Gasteiger partial charge on any atom is -0.377 e. The number of allylic oxidation sites excluding steroid dienone is 2. The van der Waals surface area contributed by atoms with Gasteiger partial charge in [-0.1, -0.05) is 12.2 Å². The van der Waals surface area contributed by atoms with E-state index in [9.17, 15) is 0 Å². The first-order valence-corrected chi connectivity index (χ1v) is 9.39. The minimum atomic E-state index is -2.54. The summed E-state index contributed by atoms with van der Waals surface area (Å²) in [5, 5.41) is 0. The van der Waals surface area contributed by atoms with Crippen LogP contribution in [0.25, 0.3) is 0 Å². The van der Waals surface area contributed by atoms with Crippen LogP contribution >= 0.6 is 0 Å². The summed E-state index contributed by atoms with van der Waals surface area (Å²) < 4.78 is 31.8. The Hall–Kier alpha value is -0.0662. The number of hydrogen-bond acceptors (Lipinski definition) is 6. The predicted molar refractivity (Wildman–Crippen MR) is 72.3 cm³/mol. The van der Waals surface area contributed by atoms with Crippen molar-refractivity contribution < 1.29 is 26.6 Å². The van der Waals surface area contributed by atoms with E-state index in [1.807, 2.05) is 12.2 Å². The maximum absolute atomic E-state index is 5.31. The van der Waals surface area contributed by atoms with E-state index < -0.39 is 17.6 Å². The van der Waals surface area contributed by atoms with Crippen molar-refractivity contribution in [1.29, 1.82) is 0 Å². The Kier molecular flexibility index (Phi) is 8.90. The zero-order valence-electron chi connectivity index (χ0n) is 12.0. The summed E-state index contributed by atoms with van der Waals surface area (Å²) in [5.41, 5.74) is 0. The minimum absolute atomic E-state index is 0.595. The fourth-order valence-corrected chi connectivity index (χ4v) is 4.37. The predicted octanol–water partition coefficient (Wildman–Crippen LogP) is 1.30. The summed E-state index contributed by atoms with van der Waals surface area (Å²) in [6.45, 7) is 0. The van der Waals surface area contributed by atoms with Crippen LogP contribution < -0.4 is 0 Å². The maximum Gasteiger partial charge on any atom is 0.504 e. The molecule has 0 saturated heterocycles. The van der Waals surface area contributed by atoms with Gasteiger partial charge in [0.25, 0.3) is 0 Å². The van der Waals surface area contributed by atoms with Crippen LogP contribution in [0.2, 0.25) is 12.1 Å². The highest BCUT2D eigenvalue weighted by Crippen LogP contribution is 2.16. The van der Waals surface area contributed by atoms with Gasteiger partial charge in [0.15, 0.2) is 0 Å². The lowest BCUT2D eigenvalue weighted by Crippen LogP contribution is -2.43. The smallest absolute Gasteiger partial charge is 0.377 e. The van der Waals surface area contributed by atoms with Crippen molar-refractivity contribution in [2.45, 2.75) is 12.1 Å². The van der Waals surface area contributed by atoms with Crippen molar-refractivity contribution in [1.82, 2.24) is 0 Å². The Morgan fingerprint density at radius 3 is 0.944 bits per heavy atom. The molecule has 0 saturated carbocycles. The fraction of sp³-hybridized carbons (Fsp3) is 0.800. The molecule has 0 heterocycles. The summed E-state index contributed by atoms with van der Waals surface area (Å²) in [7, 11) is 4.46. The van der Waals surface area contributed by atoms with E-state index in [1.54, 1.807) is 42.7 Å². The van der Waals surface area contributed by atoms with Crippen LogP contribution in [0.5, 0.6) is 0 Å². The molecular weight excluding hydrogens is 272 g/mol. The van der Waals surface area contributed by atoms with Crippen LogP contribution in [0.1, 0.15) is 0 Å². The lowest BCUT2D eigenvalue weighted by Gasteiger charge is -2.24. The summed E-state index contributed by atoms with van der Waals surface area (Å²) in [6.07, 6.45) is 3.89. The van der Waals surface area contributed by atoms with Crippen LogP contribution in [-0.2, 0) is 26.6 Å². The molecule has 0 rings (SSSR count). The van der Waals surface area contributed by atoms with E-state index in [0.29, 0.717) is 12.1 Å². The highest BCUT2D eigenvalue weighted by Gasteiger charge is 2.38. The average Bonchev–Trinajstić information content (AvgIpc) is 2.45. The summed E-state index contributed by atoms with van der Waals surface area (Å²) in [5.74, 6) is 0. The van der Waals surface area contributed by atoms with Gasteiger partial charge in [0.05, 0.1) is 0 Å². The normalized spacial score (nSPS) is 13.4. The lowest BCUT2D eigenvalue weighted by atomic mass is 10.6. The monoisotopic (exact) mass is 296 g/mol. The molecule has 0 atom stereocenters. The molecule has 0 aromatic carbocycles. The molecule has 6 nitrogen and oxygen atoms in total. The van der Waals surface area contributed by atoms with Crippen LogP contribution in [0, 0.1) is 0 Å². The molecular formula is C10H24O6Si2. The van der Waals surface area contributed by atoms with Crippen molar-refractivity contribution in [3.8, 4) is 0 Å². The van der Waals surface area contributed by atoms with Gasteiger partial charge >= 0.3 is 17.6 Å². The van der Waals surface area contributed by atoms with E-state index in [0.717, 1.165) is 0 Å². The number of rotatable bonds is 10. The highest BCUT2D eigenvalue weighted by atomic mass is 28.4. The second-order valence-corrected chi connectivity index (χ2v) is 9.47. The molecule has 0 fully saturated rings. The lowest BCUT2D eigenvalue weighted by molar-refractivity contribution is 0.125. The number of hydrogen-bond donors (Lipinski definition) is 0. The van der Waals surface area contributed by atoms with Crippen molar-refractivity contribution in [2.24, 2.45) is 0 Å². The molecule has 0 N–H and O–H groups in total. The molecule has 0 aromatic heterocycles. The van der Waals surface area contributed by atoms with E-state index in [1.165, 1.54) is 0 Å². The zero-order valence-corrected chi connectivity index (χ0v) is 14.0. The summed E-state index contributed by atoms with van der Waals surface area (Å²) >= 11 is 0. The molecule has 0 aliphatic heterocycles. The molecule has 0 bridgehead atoms. The van der Waals surface area contributed by atoms with Crippen molar-refractivity contribution >= 4 is 17.6 Å². The molecule has 0 aliphatic rings. The van der Waals surface area contributed by atoms with Crippen LogP contribution in [0.4, 0.5) is 0 Å². The molecule has 0 aliphatic carbocycles. The van der Waals surface area contributed by atoms with Crippen molar-refractivity contribution in [2.75, 3.05) is 42.7 Å². The molecule has 0 radical (unpaired) electrons. The van der Waals surface area contributed by atoms with E-state index in [2.05, 4.69) is 0 Å². The first-order valence-electron chi connectivity index (χ1n) is 5.53. The molecule has 0 aromatic rings. The third-order valence-electron chi connectivity index (χ3n) is 2.77. The van der Waals surface area contributed by atoms with Gasteiger partial charge in [-0.05, 0) is 0 Å². The van der Waals surface area contributed by atoms with Gasteiger partial charge in [-0.15, -0.1) is 0 Å². The van der Waals surface area contributed by atoms with Gasteiger partial charge in [0.2, 0.25) is 0 Å². The van der Waals surface area contributed by atoms with Crippen molar-refractivity contribution in [3.63, 3.8) is 0 Å². The second-order valence-electron chi connectivity index (χ2n) is 3.47. The third-order valence-corrected chi connectivity index (χ3v) is 7.97. The topological polar surface area (TPSA) is 55.4 Å². The summed E-state index contributed by atoms with van der Waals surface area (Å²) in [6, 6.07) is 1.19. The van der Waals surface area contributed by atoms with Crippen LogP contribution in [0.3, 0.4) is 0 Å². The molecule has 0 spiro atoms. The van der Waals surface area contributed by atoms with Gasteiger partial charge in [-0.2, -0.15) is 0 Å².